The van der Waals surface area contributed by atoms with Crippen LogP contribution < -0.4 is 0 Å². The van der Waals surface area contributed by atoms with Gasteiger partial charge < -0.3 is 0 Å². The molecule has 0 N–H and O–H groups in total. The molecule has 2 aromatic rings. The average molecular weight is 328 g/mol. The lowest BCUT2D eigenvalue weighted by molar-refractivity contribution is 0.253. The molecular weight excluding hydrogens is 308 g/mol. The predicted octanol–water partition coefficient (Wildman–Crippen LogP) is 3.15. The molecule has 0 bridgehead atoms. The predicted molar refractivity (Wildman–Crippen MR) is 90.6 cm³/mol. The van der Waals surface area contributed by atoms with Gasteiger partial charge in [0, 0.05) is 18.8 Å². The van der Waals surface area contributed by atoms with E-state index in [1.165, 1.54) is 6.26 Å². The summed E-state index contributed by atoms with van der Waals surface area (Å²) in [5.41, 5.74) is 2.78. The Bertz CT molecular complexity index is 821. The molecule has 0 amide bonds. The molecule has 5 heteroatoms. The Kier molecular flexibility index (Phi) is 5.19. The van der Waals surface area contributed by atoms with Crippen LogP contribution in [0.3, 0.4) is 0 Å². The summed E-state index contributed by atoms with van der Waals surface area (Å²) in [5, 5.41) is 8.96. The summed E-state index contributed by atoms with van der Waals surface area (Å²) in [7, 11) is -1.16. The van der Waals surface area contributed by atoms with Crippen LogP contribution in [-0.4, -0.2) is 26.6 Å². The van der Waals surface area contributed by atoms with Crippen LogP contribution in [0.4, 0.5) is 0 Å². The van der Waals surface area contributed by atoms with Crippen molar-refractivity contribution in [1.82, 2.24) is 4.90 Å². The maximum atomic E-state index is 11.5. The van der Waals surface area contributed by atoms with Gasteiger partial charge in [-0.1, -0.05) is 24.3 Å². The highest BCUT2D eigenvalue weighted by molar-refractivity contribution is 7.90. The molecule has 0 fully saturated rings. The van der Waals surface area contributed by atoms with Gasteiger partial charge >= 0.3 is 0 Å². The lowest BCUT2D eigenvalue weighted by Crippen LogP contribution is -2.22. The molecule has 23 heavy (non-hydrogen) atoms. The maximum Gasteiger partial charge on any atom is 0.175 e. The second-order valence-electron chi connectivity index (χ2n) is 5.74. The smallest absolute Gasteiger partial charge is 0.175 e. The number of nitriles is 1. The molecular formula is C18H20N2O2S. The van der Waals surface area contributed by atoms with Crippen LogP contribution in [-0.2, 0) is 16.4 Å². The Hall–Kier alpha value is -2.16. The van der Waals surface area contributed by atoms with Crippen LogP contribution >= 0.6 is 0 Å². The van der Waals surface area contributed by atoms with E-state index in [9.17, 15) is 8.42 Å². The number of nitrogens with zero attached hydrogens (tertiary/aromatic N) is 2. The Morgan fingerprint density at radius 2 is 1.83 bits per heavy atom. The zero-order valence-corrected chi connectivity index (χ0v) is 14.3. The topological polar surface area (TPSA) is 61.2 Å². The van der Waals surface area contributed by atoms with Crippen LogP contribution in [0.2, 0.25) is 0 Å². The number of sulfone groups is 1. The number of rotatable bonds is 5. The van der Waals surface area contributed by atoms with Gasteiger partial charge in [-0.05, 0) is 49.4 Å². The van der Waals surface area contributed by atoms with Gasteiger partial charge in [0.05, 0.1) is 16.5 Å². The highest BCUT2D eigenvalue weighted by atomic mass is 32.2. The van der Waals surface area contributed by atoms with Gasteiger partial charge in [0.25, 0.3) is 0 Å². The quantitative estimate of drug-likeness (QED) is 0.846. The van der Waals surface area contributed by atoms with Gasteiger partial charge in [0.2, 0.25) is 0 Å². The zero-order valence-electron chi connectivity index (χ0n) is 13.5. The molecule has 2 rings (SSSR count). The van der Waals surface area contributed by atoms with Gasteiger partial charge in [0.1, 0.15) is 0 Å². The van der Waals surface area contributed by atoms with Crippen molar-refractivity contribution in [2.75, 3.05) is 13.3 Å². The van der Waals surface area contributed by atoms with E-state index >= 15 is 0 Å². The lowest BCUT2D eigenvalue weighted by atomic mass is 10.1. The van der Waals surface area contributed by atoms with E-state index in [1.807, 2.05) is 37.4 Å². The fourth-order valence-corrected chi connectivity index (χ4v) is 3.04. The van der Waals surface area contributed by atoms with Crippen LogP contribution in [0.25, 0.3) is 0 Å². The van der Waals surface area contributed by atoms with Gasteiger partial charge in [-0.2, -0.15) is 5.26 Å². The maximum absolute atomic E-state index is 11.5. The number of hydrogen-bond donors (Lipinski definition) is 0. The first-order valence-corrected chi connectivity index (χ1v) is 9.19. The normalized spacial score (nSPS) is 12.8. The fraction of sp³-hybridized carbons (Fsp3) is 0.278. The van der Waals surface area contributed by atoms with Crippen molar-refractivity contribution in [2.24, 2.45) is 0 Å². The summed E-state index contributed by atoms with van der Waals surface area (Å²) in [6, 6.07) is 16.8. The SMILES string of the molecule is CC(c1ccc(S(C)(=O)=O)cc1)N(C)Cc1cccc(C#N)c1. The first-order valence-electron chi connectivity index (χ1n) is 7.30. The molecule has 4 nitrogen and oxygen atoms in total. The standard InChI is InChI=1S/C18H20N2O2S/c1-14(17-7-9-18(10-8-17)23(3,21)22)20(2)13-16-6-4-5-15(11-16)12-19/h4-11,14H,13H2,1-3H3. The molecule has 0 heterocycles. The summed E-state index contributed by atoms with van der Waals surface area (Å²) >= 11 is 0. The van der Waals surface area contributed by atoms with Crippen molar-refractivity contribution >= 4 is 9.84 Å². The summed E-state index contributed by atoms with van der Waals surface area (Å²) in [4.78, 5) is 2.49. The molecule has 120 valence electrons. The van der Waals surface area contributed by atoms with E-state index in [0.717, 1.165) is 11.1 Å². The molecule has 0 aromatic heterocycles. The van der Waals surface area contributed by atoms with Gasteiger partial charge in [-0.25, -0.2) is 8.42 Å². The third-order valence-electron chi connectivity index (χ3n) is 3.94. The molecule has 0 radical (unpaired) electrons. The van der Waals surface area contributed by atoms with Crippen molar-refractivity contribution in [2.45, 2.75) is 24.4 Å². The van der Waals surface area contributed by atoms with Crippen LogP contribution in [0.1, 0.15) is 29.7 Å². The Labute approximate surface area is 137 Å². The average Bonchev–Trinajstić information content (AvgIpc) is 2.53. The van der Waals surface area contributed by atoms with Gasteiger partial charge in [0.15, 0.2) is 9.84 Å². The monoisotopic (exact) mass is 328 g/mol. The van der Waals surface area contributed by atoms with E-state index in [1.54, 1.807) is 18.2 Å². The number of benzene rings is 2. The molecule has 0 saturated carbocycles. The number of hydrogen-bond acceptors (Lipinski definition) is 4. The Morgan fingerprint density at radius 1 is 1.17 bits per heavy atom. The van der Waals surface area contributed by atoms with Crippen LogP contribution in [0.15, 0.2) is 53.4 Å². The van der Waals surface area contributed by atoms with Crippen molar-refractivity contribution in [3.8, 4) is 6.07 Å². The molecule has 1 unspecified atom stereocenters. The fourth-order valence-electron chi connectivity index (χ4n) is 2.41. The van der Waals surface area contributed by atoms with Crippen molar-refractivity contribution in [3.05, 3.63) is 65.2 Å². The summed E-state index contributed by atoms with van der Waals surface area (Å²) in [5.74, 6) is 0. The highest BCUT2D eigenvalue weighted by Gasteiger charge is 2.14. The van der Waals surface area contributed by atoms with E-state index in [4.69, 9.17) is 5.26 Å². The minimum absolute atomic E-state index is 0.134. The van der Waals surface area contributed by atoms with Crippen LogP contribution in [0, 0.1) is 11.3 Å². The van der Waals surface area contributed by atoms with Gasteiger partial charge in [-0.3, -0.25) is 4.90 Å². The third-order valence-corrected chi connectivity index (χ3v) is 5.07. The largest absolute Gasteiger partial charge is 0.295 e. The van der Waals surface area contributed by atoms with E-state index in [-0.39, 0.29) is 6.04 Å². The van der Waals surface area contributed by atoms with Gasteiger partial charge in [-0.15, -0.1) is 0 Å². The van der Waals surface area contributed by atoms with Crippen molar-refractivity contribution in [3.63, 3.8) is 0 Å². The zero-order chi connectivity index (χ0) is 17.0. The molecule has 1 atom stereocenters. The van der Waals surface area contributed by atoms with Crippen LogP contribution in [0.5, 0.6) is 0 Å². The Morgan fingerprint density at radius 3 is 2.39 bits per heavy atom. The second kappa shape index (κ2) is 6.95. The first kappa shape index (κ1) is 17.2. The minimum Gasteiger partial charge on any atom is -0.295 e. The second-order valence-corrected chi connectivity index (χ2v) is 7.76. The Balaban J connectivity index is 2.13. The minimum atomic E-state index is -3.17. The highest BCUT2D eigenvalue weighted by Crippen LogP contribution is 2.22. The lowest BCUT2D eigenvalue weighted by Gasteiger charge is -2.25. The molecule has 0 saturated heterocycles. The molecule has 0 aliphatic heterocycles. The van der Waals surface area contributed by atoms with E-state index in [2.05, 4.69) is 17.9 Å². The van der Waals surface area contributed by atoms with Crippen molar-refractivity contribution < 1.29 is 8.42 Å². The van der Waals surface area contributed by atoms with Crippen molar-refractivity contribution in [1.29, 1.82) is 5.26 Å². The first-order chi connectivity index (χ1) is 10.8. The van der Waals surface area contributed by atoms with E-state index < -0.39 is 9.84 Å². The molecule has 0 spiro atoms. The molecule has 0 aliphatic rings. The summed E-state index contributed by atoms with van der Waals surface area (Å²) < 4.78 is 23.0. The summed E-state index contributed by atoms with van der Waals surface area (Å²) in [6.07, 6.45) is 1.21. The summed E-state index contributed by atoms with van der Waals surface area (Å²) in [6.45, 7) is 2.79. The van der Waals surface area contributed by atoms with E-state index in [0.29, 0.717) is 17.0 Å². The molecule has 2 aromatic carbocycles. The molecule has 0 aliphatic carbocycles. The third kappa shape index (κ3) is 4.41.